The molecule has 2 aromatic rings. The molecule has 1 heterocycles. The second-order valence-electron chi connectivity index (χ2n) is 3.40. The van der Waals surface area contributed by atoms with Crippen LogP contribution >= 0.6 is 0 Å². The third-order valence-electron chi connectivity index (χ3n) is 2.34. The Morgan fingerprint density at radius 3 is 2.62 bits per heavy atom. The lowest BCUT2D eigenvalue weighted by Gasteiger charge is -1.97. The molecule has 16 heavy (non-hydrogen) atoms. The lowest BCUT2D eigenvalue weighted by atomic mass is 10.2. The first kappa shape index (κ1) is 10.4. The zero-order valence-corrected chi connectivity index (χ0v) is 8.40. The van der Waals surface area contributed by atoms with E-state index in [1.165, 1.54) is 29.8 Å². The Labute approximate surface area is 89.9 Å². The molecule has 1 aromatic carbocycles. The van der Waals surface area contributed by atoms with Crippen LogP contribution < -0.4 is 0 Å². The molecule has 1 N–H and O–H groups in total. The summed E-state index contributed by atoms with van der Waals surface area (Å²) < 4.78 is 14.2. The number of hydrogen-bond donors (Lipinski definition) is 1. The maximum atomic E-state index is 13.0. The van der Waals surface area contributed by atoms with Crippen molar-refractivity contribution in [1.82, 2.24) is 4.57 Å². The summed E-state index contributed by atoms with van der Waals surface area (Å²) in [7, 11) is 0. The second kappa shape index (κ2) is 3.44. The number of rotatable bonds is 1. The van der Waals surface area contributed by atoms with E-state index in [1.54, 1.807) is 0 Å². The van der Waals surface area contributed by atoms with Gasteiger partial charge in [0.2, 0.25) is 5.91 Å². The van der Waals surface area contributed by atoms with E-state index < -0.39 is 11.8 Å². The van der Waals surface area contributed by atoms with Crippen LogP contribution in [0.4, 0.5) is 4.39 Å². The number of halogens is 1. The third-order valence-corrected chi connectivity index (χ3v) is 2.34. The van der Waals surface area contributed by atoms with E-state index in [2.05, 4.69) is 0 Å². The lowest BCUT2D eigenvalue weighted by Crippen LogP contribution is -2.03. The van der Waals surface area contributed by atoms with Gasteiger partial charge in [0.1, 0.15) is 5.82 Å². The van der Waals surface area contributed by atoms with E-state index in [0.29, 0.717) is 5.52 Å². The van der Waals surface area contributed by atoms with Gasteiger partial charge in [-0.3, -0.25) is 9.36 Å². The maximum Gasteiger partial charge on any atom is 0.337 e. The molecule has 0 spiro atoms. The molecule has 0 aliphatic rings. The molecule has 0 unspecified atom stereocenters. The van der Waals surface area contributed by atoms with Crippen LogP contribution in [0.1, 0.15) is 22.1 Å². The number of benzene rings is 1. The van der Waals surface area contributed by atoms with Crippen LogP contribution in [0, 0.1) is 5.82 Å². The smallest absolute Gasteiger partial charge is 0.337 e. The first-order chi connectivity index (χ1) is 7.50. The maximum absolute atomic E-state index is 13.0. The van der Waals surface area contributed by atoms with Gasteiger partial charge in [0, 0.05) is 18.5 Å². The Kier molecular flexibility index (Phi) is 2.23. The molecular weight excluding hydrogens is 213 g/mol. The zero-order chi connectivity index (χ0) is 11.9. The van der Waals surface area contributed by atoms with Gasteiger partial charge in [0.15, 0.2) is 0 Å². The van der Waals surface area contributed by atoms with E-state index in [-0.39, 0.29) is 16.9 Å². The fourth-order valence-corrected chi connectivity index (χ4v) is 1.63. The molecule has 0 fully saturated rings. The van der Waals surface area contributed by atoms with Crippen molar-refractivity contribution in [2.24, 2.45) is 0 Å². The lowest BCUT2D eigenvalue weighted by molar-refractivity contribution is 0.0699. The summed E-state index contributed by atoms with van der Waals surface area (Å²) in [6.07, 6.45) is 1.20. The van der Waals surface area contributed by atoms with Gasteiger partial charge in [-0.2, -0.15) is 0 Å². The van der Waals surface area contributed by atoms with Crippen LogP contribution in [0.2, 0.25) is 0 Å². The minimum absolute atomic E-state index is 0.0790. The van der Waals surface area contributed by atoms with E-state index in [9.17, 15) is 14.0 Å². The standard InChI is InChI=1S/C11H8FNO3/c1-6(14)13-5-9(11(15)16)8-4-7(12)2-3-10(8)13/h2-5H,1H3,(H,15,16). The number of carboxylic acid groups (broad SMARTS) is 1. The summed E-state index contributed by atoms with van der Waals surface area (Å²) in [6, 6.07) is 3.68. The van der Waals surface area contributed by atoms with Crippen LogP contribution in [0.15, 0.2) is 24.4 Å². The van der Waals surface area contributed by atoms with Crippen molar-refractivity contribution in [3.8, 4) is 0 Å². The SMILES string of the molecule is CC(=O)n1cc(C(=O)O)c2cc(F)ccc21. The van der Waals surface area contributed by atoms with Crippen LogP contribution in [0.25, 0.3) is 10.9 Å². The van der Waals surface area contributed by atoms with E-state index >= 15 is 0 Å². The predicted octanol–water partition coefficient (Wildman–Crippen LogP) is 2.14. The number of nitrogens with zero attached hydrogens (tertiary/aromatic N) is 1. The summed E-state index contributed by atoms with van der Waals surface area (Å²) in [5, 5.41) is 9.15. The number of carbonyl (C=O) groups excluding carboxylic acids is 1. The Morgan fingerprint density at radius 2 is 2.06 bits per heavy atom. The summed E-state index contributed by atoms with van der Waals surface area (Å²) in [6.45, 7) is 1.31. The summed E-state index contributed by atoms with van der Waals surface area (Å²) in [5.74, 6) is -2.03. The molecule has 1 aromatic heterocycles. The molecule has 0 saturated carbocycles. The Hall–Kier alpha value is -2.17. The molecule has 4 nitrogen and oxygen atoms in total. The molecule has 2 rings (SSSR count). The highest BCUT2D eigenvalue weighted by atomic mass is 19.1. The van der Waals surface area contributed by atoms with Gasteiger partial charge in [0.05, 0.1) is 11.1 Å². The highest BCUT2D eigenvalue weighted by molar-refractivity contribution is 6.06. The summed E-state index contributed by atoms with van der Waals surface area (Å²) in [5.41, 5.74) is 0.316. The molecule has 0 saturated heterocycles. The van der Waals surface area contributed by atoms with E-state index in [0.717, 1.165) is 6.07 Å². The van der Waals surface area contributed by atoms with E-state index in [1.807, 2.05) is 0 Å². The Morgan fingerprint density at radius 1 is 1.38 bits per heavy atom. The summed E-state index contributed by atoms with van der Waals surface area (Å²) in [4.78, 5) is 22.2. The number of aromatic carboxylic acids is 1. The fourth-order valence-electron chi connectivity index (χ4n) is 1.63. The topological polar surface area (TPSA) is 59.3 Å². The van der Waals surface area contributed by atoms with Crippen LogP contribution in [0.3, 0.4) is 0 Å². The van der Waals surface area contributed by atoms with Gasteiger partial charge < -0.3 is 5.11 Å². The van der Waals surface area contributed by atoms with Gasteiger partial charge in [0.25, 0.3) is 0 Å². The van der Waals surface area contributed by atoms with Gasteiger partial charge in [-0.1, -0.05) is 0 Å². The van der Waals surface area contributed by atoms with Crippen molar-refractivity contribution in [2.45, 2.75) is 6.92 Å². The first-order valence-corrected chi connectivity index (χ1v) is 4.55. The molecule has 0 aliphatic heterocycles. The normalized spacial score (nSPS) is 10.6. The minimum Gasteiger partial charge on any atom is -0.478 e. The Balaban J connectivity index is 2.87. The zero-order valence-electron chi connectivity index (χ0n) is 8.40. The molecular formula is C11H8FNO3. The number of carboxylic acids is 1. The molecule has 0 amide bonds. The molecule has 0 bridgehead atoms. The number of fused-ring (bicyclic) bond motifs is 1. The van der Waals surface area contributed by atoms with Crippen molar-refractivity contribution in [2.75, 3.05) is 0 Å². The van der Waals surface area contributed by atoms with Gasteiger partial charge in [-0.25, -0.2) is 9.18 Å². The number of aromatic nitrogens is 1. The van der Waals surface area contributed by atoms with Crippen molar-refractivity contribution < 1.29 is 19.1 Å². The minimum atomic E-state index is -1.18. The van der Waals surface area contributed by atoms with Gasteiger partial charge in [-0.15, -0.1) is 0 Å². The molecule has 0 atom stereocenters. The highest BCUT2D eigenvalue weighted by Gasteiger charge is 2.16. The summed E-state index contributed by atoms with van der Waals surface area (Å²) >= 11 is 0. The molecule has 0 aliphatic carbocycles. The molecule has 82 valence electrons. The average molecular weight is 221 g/mol. The first-order valence-electron chi connectivity index (χ1n) is 4.55. The van der Waals surface area contributed by atoms with Crippen molar-refractivity contribution in [3.05, 3.63) is 35.8 Å². The predicted molar refractivity (Wildman–Crippen MR) is 55.2 cm³/mol. The quantitative estimate of drug-likeness (QED) is 0.802. The van der Waals surface area contributed by atoms with Gasteiger partial charge in [-0.05, 0) is 18.2 Å². The molecule has 0 radical (unpaired) electrons. The van der Waals surface area contributed by atoms with Crippen molar-refractivity contribution in [3.63, 3.8) is 0 Å². The molecule has 5 heteroatoms. The van der Waals surface area contributed by atoms with E-state index in [4.69, 9.17) is 5.11 Å². The van der Waals surface area contributed by atoms with Crippen LogP contribution in [-0.2, 0) is 0 Å². The number of hydrogen-bond acceptors (Lipinski definition) is 2. The highest BCUT2D eigenvalue weighted by Crippen LogP contribution is 2.22. The third kappa shape index (κ3) is 1.46. The Bertz CT molecular complexity index is 601. The monoisotopic (exact) mass is 221 g/mol. The van der Waals surface area contributed by atoms with Crippen molar-refractivity contribution >= 4 is 22.8 Å². The average Bonchev–Trinajstić information content (AvgIpc) is 2.56. The van der Waals surface area contributed by atoms with Crippen LogP contribution in [-0.4, -0.2) is 21.6 Å². The van der Waals surface area contributed by atoms with Crippen LogP contribution in [0.5, 0.6) is 0 Å². The second-order valence-corrected chi connectivity index (χ2v) is 3.40. The fraction of sp³-hybridized carbons (Fsp3) is 0.0909. The van der Waals surface area contributed by atoms with Crippen molar-refractivity contribution in [1.29, 1.82) is 0 Å². The largest absolute Gasteiger partial charge is 0.478 e. The number of carbonyl (C=O) groups is 2. The van der Waals surface area contributed by atoms with Gasteiger partial charge >= 0.3 is 5.97 Å².